The molecule has 2 heterocycles. The lowest BCUT2D eigenvalue weighted by Gasteiger charge is -2.28. The van der Waals surface area contributed by atoms with Crippen LogP contribution in [0.25, 0.3) is 0 Å². The summed E-state index contributed by atoms with van der Waals surface area (Å²) >= 11 is 0. The summed E-state index contributed by atoms with van der Waals surface area (Å²) in [6.45, 7) is 3.65. The Morgan fingerprint density at radius 3 is 2.72 bits per heavy atom. The number of carbonyl (C=O) groups is 2. The molecule has 1 unspecified atom stereocenters. The molecule has 1 aliphatic rings. The molecule has 9 heteroatoms. The Morgan fingerprint density at radius 1 is 1.19 bits per heavy atom. The number of nitrogens with two attached hydrogens (primary N) is 1. The zero-order chi connectivity index (χ0) is 25.7. The number of Topliss-reactive ketones (excluding diaryl/α,β-unsaturated/α-hetero) is 1. The van der Waals surface area contributed by atoms with Gasteiger partial charge in [0, 0.05) is 31.4 Å². The van der Waals surface area contributed by atoms with Gasteiger partial charge in [-0.25, -0.2) is 4.79 Å². The van der Waals surface area contributed by atoms with Crippen molar-refractivity contribution in [2.24, 2.45) is 5.73 Å². The first-order chi connectivity index (χ1) is 17.4. The van der Waals surface area contributed by atoms with Crippen LogP contribution in [0.2, 0.25) is 5.82 Å². The average molecular weight is 487 g/mol. The molecule has 1 aliphatic heterocycles. The fourth-order valence-electron chi connectivity index (χ4n) is 4.56. The number of para-hydroxylation sites is 1. The van der Waals surface area contributed by atoms with Crippen LogP contribution in [0.15, 0.2) is 60.8 Å². The number of rotatable bonds is 10. The summed E-state index contributed by atoms with van der Waals surface area (Å²) in [5, 5.41) is 23.1. The first kappa shape index (κ1) is 25.6. The molecular formula is C27H30BN3O5. The molecule has 8 nitrogen and oxygen atoms in total. The van der Waals surface area contributed by atoms with E-state index in [-0.39, 0.29) is 36.0 Å². The maximum atomic E-state index is 12.8. The Balaban J connectivity index is 1.39. The minimum atomic E-state index is -1.25. The van der Waals surface area contributed by atoms with E-state index in [4.69, 9.17) is 10.4 Å². The highest BCUT2D eigenvalue weighted by molar-refractivity contribution is 6.47. The van der Waals surface area contributed by atoms with Gasteiger partial charge in [-0.05, 0) is 47.4 Å². The molecule has 0 bridgehead atoms. The third kappa shape index (κ3) is 5.82. The van der Waals surface area contributed by atoms with Crippen LogP contribution < -0.4 is 15.7 Å². The summed E-state index contributed by atoms with van der Waals surface area (Å²) in [5.41, 5.74) is 10.8. The summed E-state index contributed by atoms with van der Waals surface area (Å²) in [6.07, 6.45) is 2.31. The Bertz CT molecular complexity index is 1230. The van der Waals surface area contributed by atoms with Crippen LogP contribution in [0.4, 0.5) is 0 Å². The topological polar surface area (TPSA) is 135 Å². The molecule has 2 aromatic carbocycles. The van der Waals surface area contributed by atoms with E-state index in [2.05, 4.69) is 23.3 Å². The van der Waals surface area contributed by atoms with Gasteiger partial charge >= 0.3 is 13.1 Å². The normalized spacial score (nSPS) is 15.6. The second kappa shape index (κ2) is 11.5. The van der Waals surface area contributed by atoms with Crippen molar-refractivity contribution in [3.63, 3.8) is 0 Å². The van der Waals surface area contributed by atoms with E-state index in [0.29, 0.717) is 12.0 Å². The molecule has 3 aromatic rings. The second-order valence-corrected chi connectivity index (χ2v) is 9.04. The zero-order valence-corrected chi connectivity index (χ0v) is 20.2. The number of hydrogen-bond donors (Lipinski definition) is 4. The Morgan fingerprint density at radius 2 is 2.00 bits per heavy atom. The molecule has 0 spiro atoms. The molecule has 4 rings (SSSR count). The smallest absolute Gasteiger partial charge is 0.526 e. The standard InChI is InChI=1S/C27H30BN3O5/c1-2-30-16-19-6-3-4-8-22(19)25(29)24-11-10-17(15-31-24)12-21(32)14-20-13-18-7-5-9-23(27(33)34)26(18)36-28(20)35/h3-11,15,20,25,30,35H,2,12-14,16,29H2,1H3,(H,33,34)/t20-,25?/m1/s1. The van der Waals surface area contributed by atoms with Crippen molar-refractivity contribution < 1.29 is 24.4 Å². The summed E-state index contributed by atoms with van der Waals surface area (Å²) in [5.74, 6) is -1.46. The number of benzene rings is 2. The maximum absolute atomic E-state index is 12.8. The average Bonchev–Trinajstić information content (AvgIpc) is 2.87. The van der Waals surface area contributed by atoms with E-state index in [1.807, 2.05) is 30.3 Å². The summed E-state index contributed by atoms with van der Waals surface area (Å²) < 4.78 is 5.50. The van der Waals surface area contributed by atoms with Crippen LogP contribution in [0, 0.1) is 0 Å². The van der Waals surface area contributed by atoms with Crippen molar-refractivity contribution >= 4 is 18.9 Å². The van der Waals surface area contributed by atoms with Gasteiger partial charge in [0.25, 0.3) is 0 Å². The Labute approximate surface area is 210 Å². The van der Waals surface area contributed by atoms with Crippen LogP contribution in [-0.4, -0.2) is 40.5 Å². The van der Waals surface area contributed by atoms with Crippen molar-refractivity contribution in [3.05, 3.63) is 94.3 Å². The fourth-order valence-corrected chi connectivity index (χ4v) is 4.56. The number of hydrogen-bond acceptors (Lipinski definition) is 7. The third-order valence-corrected chi connectivity index (χ3v) is 6.46. The van der Waals surface area contributed by atoms with Gasteiger partial charge in [0.05, 0.1) is 17.3 Å². The lowest BCUT2D eigenvalue weighted by Crippen LogP contribution is -2.36. The number of nitrogens with one attached hydrogen (secondary N) is 1. The molecule has 0 aliphatic carbocycles. The number of carbonyl (C=O) groups excluding carboxylic acids is 1. The van der Waals surface area contributed by atoms with Crippen molar-refractivity contribution in [2.75, 3.05) is 6.54 Å². The van der Waals surface area contributed by atoms with Gasteiger partial charge in [-0.2, -0.15) is 0 Å². The highest BCUT2D eigenvalue weighted by atomic mass is 16.5. The van der Waals surface area contributed by atoms with E-state index < -0.39 is 18.9 Å². The minimum absolute atomic E-state index is 0.00458. The molecule has 0 radical (unpaired) electrons. The molecule has 0 saturated carbocycles. The molecule has 36 heavy (non-hydrogen) atoms. The maximum Gasteiger partial charge on any atom is 0.526 e. The number of pyridine rings is 1. The molecule has 0 saturated heterocycles. The van der Waals surface area contributed by atoms with Crippen molar-refractivity contribution in [1.82, 2.24) is 10.3 Å². The van der Waals surface area contributed by atoms with Gasteiger partial charge in [-0.1, -0.05) is 49.4 Å². The number of carboxylic acids is 1. The number of carboxylic acid groups (broad SMARTS) is 1. The number of aromatic carboxylic acids is 1. The molecule has 5 N–H and O–H groups in total. The lowest BCUT2D eigenvalue weighted by molar-refractivity contribution is -0.118. The number of nitrogens with zero attached hydrogens (tertiary/aromatic N) is 1. The van der Waals surface area contributed by atoms with E-state index in [9.17, 15) is 19.7 Å². The van der Waals surface area contributed by atoms with E-state index in [1.165, 1.54) is 6.07 Å². The van der Waals surface area contributed by atoms with Gasteiger partial charge in [0.1, 0.15) is 11.5 Å². The first-order valence-electron chi connectivity index (χ1n) is 12.1. The number of fused-ring (bicyclic) bond motifs is 1. The molecule has 0 amide bonds. The summed E-state index contributed by atoms with van der Waals surface area (Å²) in [4.78, 5) is 28.7. The zero-order valence-electron chi connectivity index (χ0n) is 20.2. The van der Waals surface area contributed by atoms with E-state index in [0.717, 1.165) is 35.5 Å². The van der Waals surface area contributed by atoms with Crippen molar-refractivity contribution in [1.29, 1.82) is 0 Å². The first-order valence-corrected chi connectivity index (χ1v) is 12.1. The van der Waals surface area contributed by atoms with Gasteiger partial charge in [0.2, 0.25) is 0 Å². The van der Waals surface area contributed by atoms with Crippen molar-refractivity contribution in [3.8, 4) is 5.75 Å². The molecule has 1 aromatic heterocycles. The molecule has 186 valence electrons. The van der Waals surface area contributed by atoms with E-state index in [1.54, 1.807) is 18.3 Å². The van der Waals surface area contributed by atoms with Crippen molar-refractivity contribution in [2.45, 2.75) is 44.6 Å². The highest BCUT2D eigenvalue weighted by Crippen LogP contribution is 2.36. The number of ketones is 1. The Kier molecular flexibility index (Phi) is 8.15. The molecule has 2 atom stereocenters. The quantitative estimate of drug-likeness (QED) is 0.321. The van der Waals surface area contributed by atoms with Crippen LogP contribution in [0.1, 0.15) is 57.7 Å². The predicted molar refractivity (Wildman–Crippen MR) is 137 cm³/mol. The van der Waals surface area contributed by atoms with Gasteiger partial charge in [-0.3, -0.25) is 9.78 Å². The van der Waals surface area contributed by atoms with Gasteiger partial charge in [-0.15, -0.1) is 0 Å². The monoisotopic (exact) mass is 487 g/mol. The van der Waals surface area contributed by atoms with Gasteiger partial charge < -0.3 is 25.8 Å². The van der Waals surface area contributed by atoms with Crippen LogP contribution in [0.3, 0.4) is 0 Å². The fraction of sp³-hybridized carbons (Fsp3) is 0.296. The summed E-state index contributed by atoms with van der Waals surface area (Å²) in [6, 6.07) is 16.2. The largest absolute Gasteiger partial charge is 0.535 e. The van der Waals surface area contributed by atoms with Crippen LogP contribution >= 0.6 is 0 Å². The minimum Gasteiger partial charge on any atom is -0.535 e. The second-order valence-electron chi connectivity index (χ2n) is 9.04. The van der Waals surface area contributed by atoms with Crippen LogP contribution in [-0.2, 0) is 24.2 Å². The SMILES string of the molecule is CCNCc1ccccc1C(N)c1ccc(CC(=O)C[C@H]2Cc3cccc(C(=O)O)c3OB2O)cn1. The summed E-state index contributed by atoms with van der Waals surface area (Å²) in [7, 11) is -1.25. The van der Waals surface area contributed by atoms with E-state index >= 15 is 0 Å². The van der Waals surface area contributed by atoms with Crippen LogP contribution in [0.5, 0.6) is 5.75 Å². The molecular weight excluding hydrogens is 457 g/mol. The van der Waals surface area contributed by atoms with Gasteiger partial charge in [0.15, 0.2) is 0 Å². The third-order valence-electron chi connectivity index (χ3n) is 6.46. The number of aromatic nitrogens is 1. The molecule has 0 fully saturated rings. The lowest BCUT2D eigenvalue weighted by atomic mass is 9.64. The Hall–Kier alpha value is -3.53. The highest BCUT2D eigenvalue weighted by Gasteiger charge is 2.37. The predicted octanol–water partition coefficient (Wildman–Crippen LogP) is 2.92.